The largest absolute Gasteiger partial charge is 0.496 e. The van der Waals surface area contributed by atoms with Gasteiger partial charge in [-0.25, -0.2) is 0 Å². The maximum atomic E-state index is 12.9. The quantitative estimate of drug-likeness (QED) is 0.790. The monoisotopic (exact) mass is 355 g/mol. The summed E-state index contributed by atoms with van der Waals surface area (Å²) in [5, 5.41) is 3.06. The van der Waals surface area contributed by atoms with Crippen LogP contribution in [0, 0.1) is 0 Å². The summed E-state index contributed by atoms with van der Waals surface area (Å²) in [5.74, 6) is 1.52. The Morgan fingerprint density at radius 2 is 1.62 bits per heavy atom. The Balaban J connectivity index is 1.73. The van der Waals surface area contributed by atoms with Gasteiger partial charge in [-0.3, -0.25) is 4.79 Å². The van der Waals surface area contributed by atoms with Gasteiger partial charge in [0.2, 0.25) is 5.91 Å². The smallest absolute Gasteiger partial charge is 0.230 e. The fourth-order valence-electron chi connectivity index (χ4n) is 3.39. The molecule has 1 fully saturated rings. The number of hydrogen-bond donors (Lipinski definition) is 1. The van der Waals surface area contributed by atoms with Gasteiger partial charge in [-0.05, 0) is 25.0 Å². The van der Waals surface area contributed by atoms with Crippen LogP contribution in [-0.4, -0.2) is 33.8 Å². The minimum absolute atomic E-state index is 0.0129. The number of methoxy groups -OCH3 is 3. The van der Waals surface area contributed by atoms with Crippen molar-refractivity contribution >= 4 is 5.91 Å². The molecule has 3 rings (SSSR count). The molecule has 138 valence electrons. The van der Waals surface area contributed by atoms with E-state index in [1.165, 1.54) is 0 Å². The summed E-state index contributed by atoms with van der Waals surface area (Å²) >= 11 is 0. The highest BCUT2D eigenvalue weighted by Crippen LogP contribution is 2.51. The Hall–Kier alpha value is -2.53. The van der Waals surface area contributed by atoms with E-state index in [-0.39, 0.29) is 12.0 Å². The number of rotatable bonds is 8. The number of benzene rings is 2. The van der Waals surface area contributed by atoms with Gasteiger partial charge >= 0.3 is 0 Å². The van der Waals surface area contributed by atoms with Crippen LogP contribution in [-0.2, 0) is 14.9 Å². The number of amides is 1. The van der Waals surface area contributed by atoms with Crippen LogP contribution in [0.5, 0.6) is 11.5 Å². The van der Waals surface area contributed by atoms with Gasteiger partial charge in [0.05, 0.1) is 19.6 Å². The fourth-order valence-corrected chi connectivity index (χ4v) is 3.39. The Bertz CT molecular complexity index is 770. The van der Waals surface area contributed by atoms with Gasteiger partial charge in [0.1, 0.15) is 17.6 Å². The van der Waals surface area contributed by atoms with Crippen molar-refractivity contribution in [2.75, 3.05) is 27.9 Å². The van der Waals surface area contributed by atoms with E-state index in [2.05, 4.69) is 5.32 Å². The van der Waals surface area contributed by atoms with E-state index in [9.17, 15) is 4.79 Å². The lowest BCUT2D eigenvalue weighted by atomic mass is 9.93. The molecule has 0 spiro atoms. The third-order valence-electron chi connectivity index (χ3n) is 5.03. The van der Waals surface area contributed by atoms with Gasteiger partial charge in [-0.2, -0.15) is 0 Å². The first kappa shape index (κ1) is 18.3. The zero-order chi connectivity index (χ0) is 18.6. The lowest BCUT2D eigenvalue weighted by molar-refractivity contribution is -0.124. The normalized spacial score (nSPS) is 15.8. The topological polar surface area (TPSA) is 56.8 Å². The molecule has 1 aliphatic rings. The molecule has 0 saturated heterocycles. The Morgan fingerprint density at radius 1 is 1.00 bits per heavy atom. The van der Waals surface area contributed by atoms with E-state index in [0.717, 1.165) is 35.5 Å². The lowest BCUT2D eigenvalue weighted by Crippen LogP contribution is -2.37. The summed E-state index contributed by atoms with van der Waals surface area (Å²) in [5.41, 5.74) is 1.37. The van der Waals surface area contributed by atoms with Crippen LogP contribution in [0.1, 0.15) is 30.1 Å². The number of nitrogens with one attached hydrogen (secondary N) is 1. The van der Waals surface area contributed by atoms with E-state index in [1.54, 1.807) is 21.3 Å². The molecule has 5 nitrogen and oxygen atoms in total. The highest BCUT2D eigenvalue weighted by Gasteiger charge is 2.52. The second kappa shape index (κ2) is 7.79. The second-order valence-electron chi connectivity index (χ2n) is 6.46. The first-order chi connectivity index (χ1) is 12.7. The van der Waals surface area contributed by atoms with Gasteiger partial charge in [-0.15, -0.1) is 0 Å². The minimum Gasteiger partial charge on any atom is -0.496 e. The second-order valence-corrected chi connectivity index (χ2v) is 6.46. The molecule has 0 aromatic heterocycles. The van der Waals surface area contributed by atoms with Gasteiger partial charge in [0.15, 0.2) is 0 Å². The molecule has 1 unspecified atom stereocenters. The van der Waals surface area contributed by atoms with Crippen LogP contribution in [0.4, 0.5) is 0 Å². The maximum Gasteiger partial charge on any atom is 0.230 e. The summed E-state index contributed by atoms with van der Waals surface area (Å²) < 4.78 is 16.4. The lowest BCUT2D eigenvalue weighted by Gasteiger charge is -2.22. The first-order valence-corrected chi connectivity index (χ1v) is 8.74. The van der Waals surface area contributed by atoms with Crippen LogP contribution in [0.25, 0.3) is 0 Å². The molecule has 5 heteroatoms. The Labute approximate surface area is 154 Å². The third-order valence-corrected chi connectivity index (χ3v) is 5.03. The molecule has 0 aliphatic heterocycles. The van der Waals surface area contributed by atoms with Crippen molar-refractivity contribution in [3.8, 4) is 11.5 Å². The van der Waals surface area contributed by atoms with Crippen LogP contribution >= 0.6 is 0 Å². The van der Waals surface area contributed by atoms with Crippen LogP contribution in [0.15, 0.2) is 48.5 Å². The predicted molar refractivity (Wildman–Crippen MR) is 99.7 cm³/mol. The zero-order valence-corrected chi connectivity index (χ0v) is 15.5. The van der Waals surface area contributed by atoms with E-state index in [0.29, 0.717) is 6.54 Å². The molecule has 1 atom stereocenters. The molecule has 1 N–H and O–H groups in total. The van der Waals surface area contributed by atoms with Crippen LogP contribution in [0.2, 0.25) is 0 Å². The summed E-state index contributed by atoms with van der Waals surface area (Å²) in [4.78, 5) is 12.9. The molecule has 1 amide bonds. The molecule has 1 aliphatic carbocycles. The van der Waals surface area contributed by atoms with E-state index in [4.69, 9.17) is 14.2 Å². The van der Waals surface area contributed by atoms with Crippen molar-refractivity contribution in [3.63, 3.8) is 0 Å². The zero-order valence-electron chi connectivity index (χ0n) is 15.5. The molecule has 0 heterocycles. The number of ether oxygens (including phenoxy) is 3. The standard InChI is InChI=1S/C21H25NO4/c1-24-17-10-6-4-8-15(17)19(26-3)14-22-20(23)21(12-13-21)16-9-5-7-11-18(16)25-2/h4-11,19H,12-14H2,1-3H3,(H,22,23). The molecule has 1 saturated carbocycles. The van der Waals surface area contributed by atoms with Crippen molar-refractivity contribution in [1.29, 1.82) is 0 Å². The summed E-state index contributed by atoms with van der Waals surface area (Å²) in [6, 6.07) is 15.4. The summed E-state index contributed by atoms with van der Waals surface area (Å²) in [6.45, 7) is 0.382. The van der Waals surface area contributed by atoms with Crippen molar-refractivity contribution in [3.05, 3.63) is 59.7 Å². The number of hydrogen-bond acceptors (Lipinski definition) is 4. The van der Waals surface area contributed by atoms with Crippen molar-refractivity contribution < 1.29 is 19.0 Å². The highest BCUT2D eigenvalue weighted by atomic mass is 16.5. The number of para-hydroxylation sites is 2. The molecular weight excluding hydrogens is 330 g/mol. The number of carbonyl (C=O) groups is 1. The molecular formula is C21H25NO4. The van der Waals surface area contributed by atoms with Crippen LogP contribution < -0.4 is 14.8 Å². The predicted octanol–water partition coefficient (Wildman–Crippen LogP) is 3.24. The molecule has 0 bridgehead atoms. The van der Waals surface area contributed by atoms with Gasteiger partial charge in [0, 0.05) is 24.8 Å². The molecule has 2 aromatic carbocycles. The fraction of sp³-hybridized carbons (Fsp3) is 0.381. The van der Waals surface area contributed by atoms with Gasteiger partial charge in [0.25, 0.3) is 0 Å². The molecule has 0 radical (unpaired) electrons. The van der Waals surface area contributed by atoms with E-state index < -0.39 is 5.41 Å². The van der Waals surface area contributed by atoms with Crippen LogP contribution in [0.3, 0.4) is 0 Å². The minimum atomic E-state index is -0.494. The SMILES string of the molecule is COc1ccccc1C(CNC(=O)C1(c2ccccc2OC)CC1)OC. The van der Waals surface area contributed by atoms with Gasteiger partial charge < -0.3 is 19.5 Å². The Kier molecular flexibility index (Phi) is 5.47. The maximum absolute atomic E-state index is 12.9. The Morgan fingerprint density at radius 3 is 2.23 bits per heavy atom. The average Bonchev–Trinajstić information content (AvgIpc) is 3.50. The van der Waals surface area contributed by atoms with Crippen molar-refractivity contribution in [2.45, 2.75) is 24.4 Å². The average molecular weight is 355 g/mol. The summed E-state index contributed by atoms with van der Waals surface area (Å²) in [7, 11) is 4.90. The van der Waals surface area contributed by atoms with Crippen molar-refractivity contribution in [2.24, 2.45) is 0 Å². The van der Waals surface area contributed by atoms with Gasteiger partial charge in [-0.1, -0.05) is 36.4 Å². The van der Waals surface area contributed by atoms with Crippen molar-refractivity contribution in [1.82, 2.24) is 5.32 Å². The number of carbonyl (C=O) groups excluding carboxylic acids is 1. The third kappa shape index (κ3) is 3.40. The molecule has 26 heavy (non-hydrogen) atoms. The summed E-state index contributed by atoms with van der Waals surface area (Å²) in [6.07, 6.45) is 1.38. The molecule has 2 aromatic rings. The highest BCUT2D eigenvalue weighted by molar-refractivity contribution is 5.92. The van der Waals surface area contributed by atoms with E-state index in [1.807, 2.05) is 48.5 Å². The van der Waals surface area contributed by atoms with E-state index >= 15 is 0 Å². The first-order valence-electron chi connectivity index (χ1n) is 8.74.